The van der Waals surface area contributed by atoms with Gasteiger partial charge in [-0.3, -0.25) is 0 Å². The fourth-order valence-electron chi connectivity index (χ4n) is 4.61. The van der Waals surface area contributed by atoms with Gasteiger partial charge in [-0.15, -0.1) is 0 Å². The summed E-state index contributed by atoms with van der Waals surface area (Å²) in [6.45, 7) is 0.217. The molecule has 2 heterocycles. The highest BCUT2D eigenvalue weighted by Gasteiger charge is 2.46. The molecule has 2 aliphatic rings. The van der Waals surface area contributed by atoms with E-state index in [2.05, 4.69) is 0 Å². The molecule has 0 N–H and O–H groups in total. The van der Waals surface area contributed by atoms with Crippen LogP contribution in [0.2, 0.25) is 0 Å². The van der Waals surface area contributed by atoms with Gasteiger partial charge in [-0.2, -0.15) is 18.4 Å². The molecule has 1 aromatic heterocycles. The standard InChI is InChI=1S/C24H17F5N2O/c25-16-7-15(8-17(26)9-16)22-6-4-18(32-22)12-31-20-5-3-14(11-30)23(24(27,28)29)19(20)10-21(31)13-1-2-13/h3-9,13,21H,1-2,10,12H2. The van der Waals surface area contributed by atoms with Gasteiger partial charge in [0.15, 0.2) is 0 Å². The molecule has 0 radical (unpaired) electrons. The maximum absolute atomic E-state index is 13.8. The van der Waals surface area contributed by atoms with Gasteiger partial charge in [0.2, 0.25) is 0 Å². The normalized spacial score (nSPS) is 18.0. The number of hydrogen-bond donors (Lipinski definition) is 0. The van der Waals surface area contributed by atoms with Crippen molar-refractivity contribution in [3.8, 4) is 17.4 Å². The number of nitriles is 1. The molecule has 3 nitrogen and oxygen atoms in total. The van der Waals surface area contributed by atoms with Crippen LogP contribution >= 0.6 is 0 Å². The molecule has 1 saturated carbocycles. The second kappa shape index (κ2) is 7.37. The lowest BCUT2D eigenvalue weighted by atomic mass is 9.97. The first kappa shape index (κ1) is 20.6. The third kappa shape index (κ3) is 3.62. The monoisotopic (exact) mass is 444 g/mol. The average Bonchev–Trinajstić information content (AvgIpc) is 3.35. The van der Waals surface area contributed by atoms with Gasteiger partial charge in [-0.1, -0.05) is 0 Å². The van der Waals surface area contributed by atoms with Crippen molar-refractivity contribution in [3.05, 3.63) is 76.5 Å². The molecule has 164 valence electrons. The van der Waals surface area contributed by atoms with E-state index in [4.69, 9.17) is 4.42 Å². The predicted octanol–water partition coefficient (Wildman–Crippen LogP) is 6.46. The van der Waals surface area contributed by atoms with Crippen molar-refractivity contribution in [2.24, 2.45) is 5.92 Å². The van der Waals surface area contributed by atoms with Crippen molar-refractivity contribution in [1.29, 1.82) is 5.26 Å². The Morgan fingerprint density at radius 3 is 2.38 bits per heavy atom. The number of fused-ring (bicyclic) bond motifs is 1. The summed E-state index contributed by atoms with van der Waals surface area (Å²) in [5.41, 5.74) is -0.398. The number of anilines is 1. The Bertz CT molecular complexity index is 1220. The predicted molar refractivity (Wildman–Crippen MR) is 107 cm³/mol. The zero-order chi connectivity index (χ0) is 22.6. The van der Waals surface area contributed by atoms with E-state index in [1.54, 1.807) is 24.3 Å². The topological polar surface area (TPSA) is 40.2 Å². The van der Waals surface area contributed by atoms with Gasteiger partial charge < -0.3 is 9.32 Å². The molecule has 3 aromatic rings. The zero-order valence-electron chi connectivity index (χ0n) is 16.7. The molecule has 1 aliphatic carbocycles. The van der Waals surface area contributed by atoms with Crippen LogP contribution in [0.1, 0.15) is 35.3 Å². The first-order valence-corrected chi connectivity index (χ1v) is 10.2. The van der Waals surface area contributed by atoms with E-state index in [1.165, 1.54) is 6.07 Å². The Balaban J connectivity index is 1.51. The smallest absolute Gasteiger partial charge is 0.418 e. The molecule has 8 heteroatoms. The highest BCUT2D eigenvalue weighted by atomic mass is 19.4. The molecule has 1 atom stereocenters. The number of rotatable bonds is 4. The van der Waals surface area contributed by atoms with Crippen LogP contribution in [-0.4, -0.2) is 6.04 Å². The van der Waals surface area contributed by atoms with Crippen molar-refractivity contribution in [2.75, 3.05) is 4.90 Å². The molecule has 2 aromatic carbocycles. The van der Waals surface area contributed by atoms with E-state index >= 15 is 0 Å². The van der Waals surface area contributed by atoms with Gasteiger partial charge in [0.1, 0.15) is 23.2 Å². The van der Waals surface area contributed by atoms with Gasteiger partial charge >= 0.3 is 6.18 Å². The third-order valence-corrected chi connectivity index (χ3v) is 6.12. The summed E-state index contributed by atoms with van der Waals surface area (Å²) in [7, 11) is 0. The molecule has 0 saturated heterocycles. The van der Waals surface area contributed by atoms with Gasteiger partial charge in [0.25, 0.3) is 0 Å². The Morgan fingerprint density at radius 1 is 1.03 bits per heavy atom. The molecular formula is C24H17F5N2O. The van der Waals surface area contributed by atoms with E-state index in [0.29, 0.717) is 11.4 Å². The minimum atomic E-state index is -4.63. The molecule has 32 heavy (non-hydrogen) atoms. The van der Waals surface area contributed by atoms with Crippen LogP contribution in [0.4, 0.5) is 27.6 Å². The highest BCUT2D eigenvalue weighted by Crippen LogP contribution is 2.49. The van der Waals surface area contributed by atoms with E-state index in [9.17, 15) is 27.2 Å². The summed E-state index contributed by atoms with van der Waals surface area (Å²) in [5, 5.41) is 9.22. The number of furan rings is 1. The lowest BCUT2D eigenvalue weighted by Gasteiger charge is -2.27. The fraction of sp³-hybridized carbons (Fsp3) is 0.292. The summed E-state index contributed by atoms with van der Waals surface area (Å²) in [4.78, 5) is 1.90. The van der Waals surface area contributed by atoms with E-state index in [-0.39, 0.29) is 47.4 Å². The van der Waals surface area contributed by atoms with Crippen LogP contribution in [0, 0.1) is 28.9 Å². The first-order valence-electron chi connectivity index (χ1n) is 10.2. The molecule has 5 rings (SSSR count). The van der Waals surface area contributed by atoms with E-state index in [0.717, 1.165) is 31.0 Å². The van der Waals surface area contributed by atoms with Crippen LogP contribution < -0.4 is 4.90 Å². The lowest BCUT2D eigenvalue weighted by Crippen LogP contribution is -2.33. The Kier molecular flexibility index (Phi) is 4.73. The molecule has 0 bridgehead atoms. The lowest BCUT2D eigenvalue weighted by molar-refractivity contribution is -0.138. The van der Waals surface area contributed by atoms with E-state index in [1.807, 2.05) is 4.90 Å². The second-order valence-electron chi connectivity index (χ2n) is 8.26. The second-order valence-corrected chi connectivity index (χ2v) is 8.26. The van der Waals surface area contributed by atoms with Crippen LogP contribution in [0.15, 0.2) is 46.9 Å². The van der Waals surface area contributed by atoms with Crippen molar-refractivity contribution in [1.82, 2.24) is 0 Å². The number of halogens is 5. The van der Waals surface area contributed by atoms with Gasteiger partial charge in [-0.05, 0) is 67.1 Å². The summed E-state index contributed by atoms with van der Waals surface area (Å²) in [5.74, 6) is -0.431. The fourth-order valence-corrected chi connectivity index (χ4v) is 4.61. The molecule has 1 aliphatic heterocycles. The molecule has 1 fully saturated rings. The number of alkyl halides is 3. The minimum absolute atomic E-state index is 0.125. The quantitative estimate of drug-likeness (QED) is 0.434. The first-order chi connectivity index (χ1) is 15.2. The zero-order valence-corrected chi connectivity index (χ0v) is 16.7. The van der Waals surface area contributed by atoms with Crippen molar-refractivity contribution < 1.29 is 26.4 Å². The average molecular weight is 444 g/mol. The van der Waals surface area contributed by atoms with Crippen molar-refractivity contribution in [3.63, 3.8) is 0 Å². The van der Waals surface area contributed by atoms with E-state index < -0.39 is 23.4 Å². The highest BCUT2D eigenvalue weighted by molar-refractivity contribution is 5.67. The Hall–Kier alpha value is -3.34. The molecule has 0 amide bonds. The summed E-state index contributed by atoms with van der Waals surface area (Å²) in [6.07, 6.45) is -2.53. The van der Waals surface area contributed by atoms with Crippen LogP contribution in [-0.2, 0) is 19.1 Å². The SMILES string of the molecule is N#Cc1ccc2c(c1C(F)(F)F)CC(C1CC1)N2Cc1ccc(-c2cc(F)cc(F)c2)o1. The summed E-state index contributed by atoms with van der Waals surface area (Å²) < 4.78 is 74.3. The van der Waals surface area contributed by atoms with Crippen LogP contribution in [0.25, 0.3) is 11.3 Å². The van der Waals surface area contributed by atoms with Gasteiger partial charge in [0.05, 0.1) is 23.7 Å². The summed E-state index contributed by atoms with van der Waals surface area (Å²) in [6, 6.07) is 10.7. The van der Waals surface area contributed by atoms with Crippen molar-refractivity contribution >= 4 is 5.69 Å². The largest absolute Gasteiger partial charge is 0.459 e. The molecule has 1 unspecified atom stereocenters. The van der Waals surface area contributed by atoms with Gasteiger partial charge in [0, 0.05) is 23.4 Å². The number of benzene rings is 2. The maximum Gasteiger partial charge on any atom is 0.418 e. The van der Waals surface area contributed by atoms with Gasteiger partial charge in [-0.25, -0.2) is 8.78 Å². The third-order valence-electron chi connectivity index (χ3n) is 6.12. The molecule has 0 spiro atoms. The summed E-state index contributed by atoms with van der Waals surface area (Å²) >= 11 is 0. The Morgan fingerprint density at radius 2 is 1.75 bits per heavy atom. The Labute approximate surface area is 180 Å². The number of nitrogens with zero attached hydrogens (tertiary/aromatic N) is 2. The van der Waals surface area contributed by atoms with Crippen LogP contribution in [0.3, 0.4) is 0 Å². The minimum Gasteiger partial charge on any atom is -0.459 e. The molecular weight excluding hydrogens is 427 g/mol. The number of hydrogen-bond acceptors (Lipinski definition) is 3. The maximum atomic E-state index is 13.8. The van der Waals surface area contributed by atoms with Crippen molar-refractivity contribution in [2.45, 2.75) is 38.0 Å². The van der Waals surface area contributed by atoms with Crippen LogP contribution in [0.5, 0.6) is 0 Å².